The van der Waals surface area contributed by atoms with Gasteiger partial charge in [-0.15, -0.1) is 0 Å². The molecule has 0 aliphatic rings. The van der Waals surface area contributed by atoms with Crippen LogP contribution in [0.2, 0.25) is 0 Å². The van der Waals surface area contributed by atoms with Crippen molar-refractivity contribution in [2.45, 2.75) is 13.8 Å². The molecule has 0 fully saturated rings. The lowest BCUT2D eigenvalue weighted by atomic mass is 10.2. The van der Waals surface area contributed by atoms with Gasteiger partial charge >= 0.3 is 0 Å². The van der Waals surface area contributed by atoms with E-state index in [4.69, 9.17) is 10.5 Å². The maximum Gasteiger partial charge on any atom is 0.221 e. The fourth-order valence-corrected chi connectivity index (χ4v) is 1.70. The van der Waals surface area contributed by atoms with E-state index in [9.17, 15) is 4.79 Å². The van der Waals surface area contributed by atoms with Crippen LogP contribution in [0.3, 0.4) is 0 Å². The van der Waals surface area contributed by atoms with E-state index in [0.717, 1.165) is 5.56 Å². The van der Waals surface area contributed by atoms with Gasteiger partial charge in [0.15, 0.2) is 5.75 Å². The molecule has 0 unspecified atom stereocenters. The highest BCUT2D eigenvalue weighted by Crippen LogP contribution is 2.29. The third-order valence-electron chi connectivity index (χ3n) is 2.55. The van der Waals surface area contributed by atoms with Gasteiger partial charge in [0.1, 0.15) is 5.75 Å². The van der Waals surface area contributed by atoms with Gasteiger partial charge in [-0.3, -0.25) is 4.79 Å². The summed E-state index contributed by atoms with van der Waals surface area (Å²) in [6, 6.07) is 12.8. The Morgan fingerprint density at radius 1 is 1.21 bits per heavy atom. The van der Waals surface area contributed by atoms with Crippen molar-refractivity contribution in [3.63, 3.8) is 0 Å². The Hall–Kier alpha value is -2.49. The molecular formula is C15H16N2O2. The van der Waals surface area contributed by atoms with Crippen molar-refractivity contribution in [3.8, 4) is 11.5 Å². The van der Waals surface area contributed by atoms with E-state index in [0.29, 0.717) is 22.9 Å². The van der Waals surface area contributed by atoms with Gasteiger partial charge in [-0.1, -0.05) is 12.1 Å². The molecule has 3 N–H and O–H groups in total. The molecule has 98 valence electrons. The zero-order valence-corrected chi connectivity index (χ0v) is 10.9. The van der Waals surface area contributed by atoms with Gasteiger partial charge < -0.3 is 15.8 Å². The van der Waals surface area contributed by atoms with E-state index in [1.165, 1.54) is 6.92 Å². The maximum absolute atomic E-state index is 11.0. The normalized spacial score (nSPS) is 10.0. The number of ether oxygens (including phenoxy) is 1. The summed E-state index contributed by atoms with van der Waals surface area (Å²) in [5.74, 6) is 1.12. The molecular weight excluding hydrogens is 240 g/mol. The van der Waals surface area contributed by atoms with Gasteiger partial charge in [-0.05, 0) is 36.8 Å². The zero-order chi connectivity index (χ0) is 13.8. The molecule has 0 bridgehead atoms. The first kappa shape index (κ1) is 13.0. The second kappa shape index (κ2) is 5.44. The van der Waals surface area contributed by atoms with Gasteiger partial charge in [0.05, 0.1) is 5.69 Å². The number of hydrogen-bond donors (Lipinski definition) is 2. The van der Waals surface area contributed by atoms with E-state index in [1.54, 1.807) is 12.1 Å². The van der Waals surface area contributed by atoms with Crippen LogP contribution in [0.5, 0.6) is 11.5 Å². The summed E-state index contributed by atoms with van der Waals surface area (Å²) in [4.78, 5) is 11.0. The molecule has 0 aliphatic heterocycles. The zero-order valence-electron chi connectivity index (χ0n) is 10.9. The van der Waals surface area contributed by atoms with Crippen LogP contribution in [0.15, 0.2) is 42.5 Å². The number of nitrogens with two attached hydrogens (primary N) is 1. The number of carbonyl (C=O) groups excluding carboxylic acids is 1. The number of nitrogens with one attached hydrogen (secondary N) is 1. The number of amides is 1. The molecule has 1 amide bonds. The molecule has 0 saturated heterocycles. The molecule has 2 aromatic rings. The molecule has 4 nitrogen and oxygen atoms in total. The second-order valence-corrected chi connectivity index (χ2v) is 4.35. The van der Waals surface area contributed by atoms with E-state index in [1.807, 2.05) is 37.3 Å². The van der Waals surface area contributed by atoms with Crippen LogP contribution in [0.1, 0.15) is 12.5 Å². The fourth-order valence-electron chi connectivity index (χ4n) is 1.70. The molecule has 2 rings (SSSR count). The van der Waals surface area contributed by atoms with Gasteiger partial charge in [0.25, 0.3) is 0 Å². The van der Waals surface area contributed by atoms with Crippen molar-refractivity contribution in [1.82, 2.24) is 0 Å². The third-order valence-corrected chi connectivity index (χ3v) is 2.55. The number of benzene rings is 2. The van der Waals surface area contributed by atoms with Gasteiger partial charge in [-0.25, -0.2) is 0 Å². The monoisotopic (exact) mass is 256 g/mol. The maximum atomic E-state index is 11.0. The standard InChI is InChI=1S/C15H16N2O2/c1-10-6-7-14(16)15(8-10)19-13-5-3-4-12(9-13)17-11(2)18/h3-9H,16H2,1-2H3,(H,17,18). The number of nitrogen functional groups attached to an aromatic ring is 1. The summed E-state index contributed by atoms with van der Waals surface area (Å²) in [6.07, 6.45) is 0. The molecule has 2 aromatic carbocycles. The second-order valence-electron chi connectivity index (χ2n) is 4.35. The predicted molar refractivity (Wildman–Crippen MR) is 76.4 cm³/mol. The Morgan fingerprint density at radius 2 is 2.00 bits per heavy atom. The summed E-state index contributed by atoms with van der Waals surface area (Å²) in [6.45, 7) is 3.44. The highest BCUT2D eigenvalue weighted by molar-refractivity contribution is 5.88. The van der Waals surface area contributed by atoms with Gasteiger partial charge in [0, 0.05) is 18.7 Å². The van der Waals surface area contributed by atoms with Crippen LogP contribution in [0, 0.1) is 6.92 Å². The molecule has 0 aromatic heterocycles. The number of hydrogen-bond acceptors (Lipinski definition) is 3. The van der Waals surface area contributed by atoms with Crippen LogP contribution in [0.4, 0.5) is 11.4 Å². The van der Waals surface area contributed by atoms with E-state index in [2.05, 4.69) is 5.32 Å². The van der Waals surface area contributed by atoms with Crippen LogP contribution in [0.25, 0.3) is 0 Å². The minimum atomic E-state index is -0.118. The molecule has 0 atom stereocenters. The minimum absolute atomic E-state index is 0.118. The molecule has 19 heavy (non-hydrogen) atoms. The number of anilines is 2. The van der Waals surface area contributed by atoms with Crippen molar-refractivity contribution < 1.29 is 9.53 Å². The number of carbonyl (C=O) groups is 1. The van der Waals surface area contributed by atoms with Crippen LogP contribution in [-0.4, -0.2) is 5.91 Å². The molecule has 4 heteroatoms. The molecule has 0 aliphatic carbocycles. The summed E-state index contributed by atoms with van der Waals surface area (Å²) >= 11 is 0. The van der Waals surface area contributed by atoms with Crippen molar-refractivity contribution >= 4 is 17.3 Å². The average molecular weight is 256 g/mol. The Morgan fingerprint density at radius 3 is 2.74 bits per heavy atom. The van der Waals surface area contributed by atoms with Crippen molar-refractivity contribution in [2.24, 2.45) is 0 Å². The topological polar surface area (TPSA) is 64.3 Å². The van der Waals surface area contributed by atoms with E-state index in [-0.39, 0.29) is 5.91 Å². The molecule has 0 radical (unpaired) electrons. The smallest absolute Gasteiger partial charge is 0.221 e. The first-order valence-electron chi connectivity index (χ1n) is 5.96. The predicted octanol–water partition coefficient (Wildman–Crippen LogP) is 3.33. The number of rotatable bonds is 3. The first-order valence-corrected chi connectivity index (χ1v) is 5.96. The highest BCUT2D eigenvalue weighted by Gasteiger charge is 2.04. The Labute approximate surface area is 112 Å². The lowest BCUT2D eigenvalue weighted by Gasteiger charge is -2.10. The number of aryl methyl sites for hydroxylation is 1. The lowest BCUT2D eigenvalue weighted by Crippen LogP contribution is -2.05. The summed E-state index contributed by atoms with van der Waals surface area (Å²) in [7, 11) is 0. The van der Waals surface area contributed by atoms with Crippen molar-refractivity contribution in [2.75, 3.05) is 11.1 Å². The van der Waals surface area contributed by atoms with E-state index < -0.39 is 0 Å². The van der Waals surface area contributed by atoms with Crippen molar-refractivity contribution in [1.29, 1.82) is 0 Å². The van der Waals surface area contributed by atoms with E-state index >= 15 is 0 Å². The van der Waals surface area contributed by atoms with Crippen LogP contribution < -0.4 is 15.8 Å². The largest absolute Gasteiger partial charge is 0.455 e. The quantitative estimate of drug-likeness (QED) is 0.828. The Kier molecular flexibility index (Phi) is 3.71. The van der Waals surface area contributed by atoms with Crippen LogP contribution >= 0.6 is 0 Å². The Balaban J connectivity index is 2.23. The molecule has 0 saturated carbocycles. The molecule has 0 heterocycles. The summed E-state index contributed by atoms with van der Waals surface area (Å²) in [5.41, 5.74) is 8.20. The summed E-state index contributed by atoms with van der Waals surface area (Å²) in [5, 5.41) is 2.71. The minimum Gasteiger partial charge on any atom is -0.455 e. The fraction of sp³-hybridized carbons (Fsp3) is 0.133. The highest BCUT2D eigenvalue weighted by atomic mass is 16.5. The van der Waals surface area contributed by atoms with Gasteiger partial charge in [0.2, 0.25) is 5.91 Å². The Bertz CT molecular complexity index is 609. The van der Waals surface area contributed by atoms with Crippen molar-refractivity contribution in [3.05, 3.63) is 48.0 Å². The SMILES string of the molecule is CC(=O)Nc1cccc(Oc2cc(C)ccc2N)c1. The third kappa shape index (κ3) is 3.48. The average Bonchev–Trinajstić information content (AvgIpc) is 2.33. The summed E-state index contributed by atoms with van der Waals surface area (Å²) < 4.78 is 5.74. The van der Waals surface area contributed by atoms with Gasteiger partial charge in [-0.2, -0.15) is 0 Å². The lowest BCUT2D eigenvalue weighted by molar-refractivity contribution is -0.114. The first-order chi connectivity index (χ1) is 9.04. The van der Waals surface area contributed by atoms with Crippen LogP contribution in [-0.2, 0) is 4.79 Å². The molecule has 0 spiro atoms.